The van der Waals surface area contributed by atoms with E-state index in [4.69, 9.17) is 5.73 Å². The molecular weight excluding hydrogens is 334 g/mol. The summed E-state index contributed by atoms with van der Waals surface area (Å²) in [5.74, 6) is 0.102. The van der Waals surface area contributed by atoms with E-state index in [1.54, 1.807) is 23.5 Å². The van der Waals surface area contributed by atoms with E-state index in [9.17, 15) is 9.59 Å². The highest BCUT2D eigenvalue weighted by Gasteiger charge is 2.26. The Bertz CT molecular complexity index is 730. The number of hydrogen-bond acceptors (Lipinski definition) is 4. The molecule has 0 unspecified atom stereocenters. The molecule has 25 heavy (non-hydrogen) atoms. The van der Waals surface area contributed by atoms with Gasteiger partial charge in [0.25, 0.3) is 0 Å². The lowest BCUT2D eigenvalue weighted by molar-refractivity contribution is -0.117. The summed E-state index contributed by atoms with van der Waals surface area (Å²) in [7, 11) is 0. The Balaban J connectivity index is 1.60. The summed E-state index contributed by atoms with van der Waals surface area (Å²) in [5.41, 5.74) is 7.29. The monoisotopic (exact) mass is 357 g/mol. The largest absolute Gasteiger partial charge is 0.327 e. The maximum atomic E-state index is 12.3. The van der Waals surface area contributed by atoms with Gasteiger partial charge in [0.2, 0.25) is 11.8 Å². The Morgan fingerprint density at radius 2 is 1.76 bits per heavy atom. The third kappa shape index (κ3) is 4.90. The van der Waals surface area contributed by atoms with Crippen LogP contribution in [0.4, 0.5) is 11.4 Å². The summed E-state index contributed by atoms with van der Waals surface area (Å²) < 4.78 is 0. The molecule has 1 aromatic carbocycles. The van der Waals surface area contributed by atoms with E-state index in [1.165, 1.54) is 0 Å². The van der Waals surface area contributed by atoms with Gasteiger partial charge >= 0.3 is 0 Å². The molecule has 5 nitrogen and oxygen atoms in total. The minimum Gasteiger partial charge on any atom is -0.327 e. The molecular formula is C19H23N3O2S. The quantitative estimate of drug-likeness (QED) is 0.741. The molecule has 1 aliphatic rings. The molecule has 4 N–H and O–H groups in total. The van der Waals surface area contributed by atoms with Crippen molar-refractivity contribution < 1.29 is 9.59 Å². The number of anilines is 2. The molecule has 2 aromatic rings. The van der Waals surface area contributed by atoms with Gasteiger partial charge in [-0.05, 0) is 42.3 Å². The molecule has 1 saturated carbocycles. The summed E-state index contributed by atoms with van der Waals surface area (Å²) in [4.78, 5) is 25.5. The molecule has 0 bridgehead atoms. The number of benzene rings is 1. The minimum atomic E-state index is -0.0954. The van der Waals surface area contributed by atoms with E-state index in [2.05, 4.69) is 10.6 Å². The highest BCUT2D eigenvalue weighted by molar-refractivity contribution is 7.10. The van der Waals surface area contributed by atoms with Crippen molar-refractivity contribution in [2.75, 3.05) is 10.6 Å². The van der Waals surface area contributed by atoms with Gasteiger partial charge < -0.3 is 16.4 Å². The number of para-hydroxylation sites is 2. The first-order valence-electron chi connectivity index (χ1n) is 8.58. The van der Waals surface area contributed by atoms with E-state index in [0.29, 0.717) is 24.2 Å². The summed E-state index contributed by atoms with van der Waals surface area (Å²) in [6, 6.07) is 11.2. The first-order chi connectivity index (χ1) is 12.1. The Hall–Kier alpha value is -2.18. The van der Waals surface area contributed by atoms with Crippen LogP contribution in [0.3, 0.4) is 0 Å². The first-order valence-corrected chi connectivity index (χ1v) is 9.46. The number of amides is 2. The Labute approximate surface area is 151 Å². The van der Waals surface area contributed by atoms with Crippen LogP contribution in [-0.4, -0.2) is 17.9 Å². The van der Waals surface area contributed by atoms with Crippen LogP contribution in [0.25, 0.3) is 0 Å². The molecule has 0 radical (unpaired) electrons. The molecule has 2 amide bonds. The van der Waals surface area contributed by atoms with Gasteiger partial charge in [-0.15, -0.1) is 11.3 Å². The predicted octanol–water partition coefficient (Wildman–Crippen LogP) is 3.39. The zero-order valence-electron chi connectivity index (χ0n) is 14.0. The number of hydrogen-bond donors (Lipinski definition) is 3. The zero-order chi connectivity index (χ0) is 17.6. The van der Waals surface area contributed by atoms with Crippen molar-refractivity contribution in [3.8, 4) is 0 Å². The molecule has 0 spiro atoms. The topological polar surface area (TPSA) is 84.2 Å². The second kappa shape index (κ2) is 8.27. The van der Waals surface area contributed by atoms with Crippen molar-refractivity contribution in [3.63, 3.8) is 0 Å². The smallest absolute Gasteiger partial charge is 0.229 e. The molecule has 132 valence electrons. The number of carbonyl (C=O) groups excluding carboxylic acids is 2. The van der Waals surface area contributed by atoms with Crippen LogP contribution in [-0.2, 0) is 16.0 Å². The van der Waals surface area contributed by atoms with Gasteiger partial charge in [-0.25, -0.2) is 0 Å². The van der Waals surface area contributed by atoms with Crippen LogP contribution in [0.5, 0.6) is 0 Å². The maximum Gasteiger partial charge on any atom is 0.229 e. The van der Waals surface area contributed by atoms with Crippen molar-refractivity contribution in [2.45, 2.75) is 38.1 Å². The highest BCUT2D eigenvalue weighted by atomic mass is 32.1. The fourth-order valence-electron chi connectivity index (χ4n) is 3.23. The van der Waals surface area contributed by atoms with Gasteiger partial charge in [0.1, 0.15) is 0 Å². The molecule has 1 heterocycles. The standard InChI is InChI=1S/C19H23N3O2S/c20-15-7-3-5-13(15)11-18(23)21-16-8-1-2-9-17(16)22-19(24)12-14-6-4-10-25-14/h1-2,4,6,8-10,13,15H,3,5,7,11-12,20H2,(H,21,23)(H,22,24)/t13-,15+/m0/s1. The van der Waals surface area contributed by atoms with Crippen LogP contribution in [0.2, 0.25) is 0 Å². The lowest BCUT2D eigenvalue weighted by Crippen LogP contribution is -2.28. The molecule has 0 saturated heterocycles. The molecule has 1 aliphatic carbocycles. The third-order valence-electron chi connectivity index (χ3n) is 4.56. The average molecular weight is 357 g/mol. The molecule has 0 aliphatic heterocycles. The fourth-order valence-corrected chi connectivity index (χ4v) is 3.93. The Morgan fingerprint density at radius 1 is 1.04 bits per heavy atom. The summed E-state index contributed by atoms with van der Waals surface area (Å²) in [6.45, 7) is 0. The number of nitrogens with one attached hydrogen (secondary N) is 2. The van der Waals surface area contributed by atoms with E-state index in [-0.39, 0.29) is 23.8 Å². The average Bonchev–Trinajstić information content (AvgIpc) is 3.22. The fraction of sp³-hybridized carbons (Fsp3) is 0.368. The van der Waals surface area contributed by atoms with Gasteiger partial charge in [-0.1, -0.05) is 24.6 Å². The lowest BCUT2D eigenvalue weighted by atomic mass is 10.00. The summed E-state index contributed by atoms with van der Waals surface area (Å²) in [5, 5.41) is 7.75. The van der Waals surface area contributed by atoms with Crippen LogP contribution in [0.15, 0.2) is 41.8 Å². The molecule has 2 atom stereocenters. The Kier molecular flexibility index (Phi) is 5.83. The van der Waals surface area contributed by atoms with Gasteiger partial charge in [0.15, 0.2) is 0 Å². The van der Waals surface area contributed by atoms with Crippen LogP contribution >= 0.6 is 11.3 Å². The van der Waals surface area contributed by atoms with Gasteiger partial charge in [-0.2, -0.15) is 0 Å². The molecule has 1 fully saturated rings. The number of nitrogens with two attached hydrogens (primary N) is 1. The lowest BCUT2D eigenvalue weighted by Gasteiger charge is -2.16. The van der Waals surface area contributed by atoms with E-state index in [0.717, 1.165) is 24.1 Å². The van der Waals surface area contributed by atoms with E-state index in [1.807, 2.05) is 29.6 Å². The molecule has 1 aromatic heterocycles. The molecule has 3 rings (SSSR count). The number of carbonyl (C=O) groups is 2. The highest BCUT2D eigenvalue weighted by Crippen LogP contribution is 2.28. The van der Waals surface area contributed by atoms with Crippen LogP contribution in [0, 0.1) is 5.92 Å². The second-order valence-electron chi connectivity index (χ2n) is 6.46. The number of thiophene rings is 1. The van der Waals surface area contributed by atoms with Crippen molar-refractivity contribution in [3.05, 3.63) is 46.7 Å². The van der Waals surface area contributed by atoms with Crippen molar-refractivity contribution >= 4 is 34.5 Å². The maximum absolute atomic E-state index is 12.3. The summed E-state index contributed by atoms with van der Waals surface area (Å²) >= 11 is 1.55. The zero-order valence-corrected chi connectivity index (χ0v) is 14.9. The SMILES string of the molecule is N[C@@H]1CCC[C@H]1CC(=O)Nc1ccccc1NC(=O)Cc1cccs1. The van der Waals surface area contributed by atoms with Gasteiger partial charge in [0, 0.05) is 17.3 Å². The number of rotatable bonds is 6. The predicted molar refractivity (Wildman–Crippen MR) is 102 cm³/mol. The normalized spacial score (nSPS) is 19.6. The molecule has 6 heteroatoms. The van der Waals surface area contributed by atoms with Crippen molar-refractivity contribution in [1.82, 2.24) is 0 Å². The third-order valence-corrected chi connectivity index (χ3v) is 5.43. The second-order valence-corrected chi connectivity index (χ2v) is 7.49. The van der Waals surface area contributed by atoms with Crippen LogP contribution in [0.1, 0.15) is 30.6 Å². The van der Waals surface area contributed by atoms with Crippen molar-refractivity contribution in [2.24, 2.45) is 11.7 Å². The van der Waals surface area contributed by atoms with Crippen molar-refractivity contribution in [1.29, 1.82) is 0 Å². The van der Waals surface area contributed by atoms with E-state index >= 15 is 0 Å². The first kappa shape index (κ1) is 17.6. The summed E-state index contributed by atoms with van der Waals surface area (Å²) in [6.07, 6.45) is 3.85. The Morgan fingerprint density at radius 3 is 2.36 bits per heavy atom. The van der Waals surface area contributed by atoms with E-state index < -0.39 is 0 Å². The van der Waals surface area contributed by atoms with Gasteiger partial charge in [-0.3, -0.25) is 9.59 Å². The minimum absolute atomic E-state index is 0.0534. The van der Waals surface area contributed by atoms with Crippen LogP contribution < -0.4 is 16.4 Å². The van der Waals surface area contributed by atoms with Gasteiger partial charge in [0.05, 0.1) is 17.8 Å².